The highest BCUT2D eigenvalue weighted by molar-refractivity contribution is 9.10. The lowest BCUT2D eigenvalue weighted by Crippen LogP contribution is -2.35. The van der Waals surface area contributed by atoms with Crippen molar-refractivity contribution in [2.75, 3.05) is 18.0 Å². The van der Waals surface area contributed by atoms with Gasteiger partial charge in [-0.3, -0.25) is 14.9 Å². The molecule has 1 aromatic rings. The van der Waals surface area contributed by atoms with Gasteiger partial charge in [0.1, 0.15) is 5.69 Å². The monoisotopic (exact) mass is 341 g/mol. The Morgan fingerprint density at radius 1 is 1.45 bits per heavy atom. The number of rotatable bonds is 4. The first-order chi connectivity index (χ1) is 9.47. The number of piperidine rings is 1. The summed E-state index contributed by atoms with van der Waals surface area (Å²) in [7, 11) is 0. The molecule has 1 aromatic carbocycles. The van der Waals surface area contributed by atoms with Crippen molar-refractivity contribution in [3.63, 3.8) is 0 Å². The molecule has 1 aliphatic heterocycles. The third-order valence-electron chi connectivity index (χ3n) is 3.58. The SMILES string of the molecule is NC(=O)CC1CCN(c2ccc(Br)cc2[N+](=O)[O-])CC1. The van der Waals surface area contributed by atoms with Crippen molar-refractivity contribution in [1.29, 1.82) is 0 Å². The second kappa shape index (κ2) is 6.21. The first-order valence-corrected chi connectivity index (χ1v) is 7.24. The van der Waals surface area contributed by atoms with Gasteiger partial charge in [0.2, 0.25) is 5.91 Å². The van der Waals surface area contributed by atoms with Gasteiger partial charge in [0.15, 0.2) is 0 Å². The third kappa shape index (κ3) is 3.47. The molecule has 0 radical (unpaired) electrons. The summed E-state index contributed by atoms with van der Waals surface area (Å²) < 4.78 is 0.691. The van der Waals surface area contributed by atoms with Crippen LogP contribution in [0.25, 0.3) is 0 Å². The number of benzene rings is 1. The molecule has 1 aliphatic rings. The van der Waals surface area contributed by atoms with E-state index in [-0.39, 0.29) is 16.5 Å². The third-order valence-corrected chi connectivity index (χ3v) is 4.07. The van der Waals surface area contributed by atoms with E-state index in [0.29, 0.717) is 35.6 Å². The molecule has 0 atom stereocenters. The van der Waals surface area contributed by atoms with Gasteiger partial charge in [-0.05, 0) is 30.9 Å². The number of nitro benzene ring substituents is 1. The Morgan fingerprint density at radius 2 is 2.10 bits per heavy atom. The highest BCUT2D eigenvalue weighted by Gasteiger charge is 2.25. The quantitative estimate of drug-likeness (QED) is 0.672. The molecule has 0 spiro atoms. The van der Waals surface area contributed by atoms with Crippen LogP contribution >= 0.6 is 15.9 Å². The number of nitro groups is 1. The molecule has 0 bridgehead atoms. The van der Waals surface area contributed by atoms with Crippen LogP contribution in [-0.2, 0) is 4.79 Å². The zero-order valence-corrected chi connectivity index (χ0v) is 12.5. The van der Waals surface area contributed by atoms with Crippen LogP contribution in [0.1, 0.15) is 19.3 Å². The average Bonchev–Trinajstić information content (AvgIpc) is 2.39. The molecule has 0 aromatic heterocycles. The van der Waals surface area contributed by atoms with E-state index in [0.717, 1.165) is 12.8 Å². The average molecular weight is 342 g/mol. The molecular weight excluding hydrogens is 326 g/mol. The van der Waals surface area contributed by atoms with Crippen molar-refractivity contribution in [1.82, 2.24) is 0 Å². The highest BCUT2D eigenvalue weighted by Crippen LogP contribution is 2.34. The van der Waals surface area contributed by atoms with Gasteiger partial charge >= 0.3 is 0 Å². The van der Waals surface area contributed by atoms with E-state index in [1.165, 1.54) is 6.07 Å². The van der Waals surface area contributed by atoms with Crippen molar-refractivity contribution in [3.05, 3.63) is 32.8 Å². The first-order valence-electron chi connectivity index (χ1n) is 6.44. The number of primary amides is 1. The van der Waals surface area contributed by atoms with E-state index >= 15 is 0 Å². The summed E-state index contributed by atoms with van der Waals surface area (Å²) >= 11 is 3.25. The van der Waals surface area contributed by atoms with E-state index in [2.05, 4.69) is 15.9 Å². The van der Waals surface area contributed by atoms with Crippen LogP contribution in [0.2, 0.25) is 0 Å². The summed E-state index contributed by atoms with van der Waals surface area (Å²) in [4.78, 5) is 23.7. The van der Waals surface area contributed by atoms with E-state index in [1.807, 2.05) is 4.90 Å². The topological polar surface area (TPSA) is 89.5 Å². The Labute approximate surface area is 125 Å². The smallest absolute Gasteiger partial charge is 0.293 e. The molecule has 1 amide bonds. The molecule has 0 saturated carbocycles. The Kier molecular flexibility index (Phi) is 4.59. The molecule has 1 fully saturated rings. The number of hydrogen-bond acceptors (Lipinski definition) is 4. The van der Waals surface area contributed by atoms with E-state index < -0.39 is 0 Å². The summed E-state index contributed by atoms with van der Waals surface area (Å²) in [5.41, 5.74) is 5.94. The normalized spacial score (nSPS) is 16.1. The fourth-order valence-corrected chi connectivity index (χ4v) is 2.92. The van der Waals surface area contributed by atoms with Crippen molar-refractivity contribution in [2.24, 2.45) is 11.7 Å². The molecule has 0 unspecified atom stereocenters. The highest BCUT2D eigenvalue weighted by atomic mass is 79.9. The number of carbonyl (C=O) groups is 1. The van der Waals surface area contributed by atoms with Crippen molar-refractivity contribution < 1.29 is 9.72 Å². The maximum atomic E-state index is 11.1. The molecule has 2 N–H and O–H groups in total. The maximum absolute atomic E-state index is 11.1. The van der Waals surface area contributed by atoms with E-state index in [1.54, 1.807) is 12.1 Å². The molecule has 0 aliphatic carbocycles. The lowest BCUT2D eigenvalue weighted by Gasteiger charge is -2.32. The number of hydrogen-bond donors (Lipinski definition) is 1. The van der Waals surface area contributed by atoms with Gasteiger partial charge in [0.05, 0.1) is 4.92 Å². The Morgan fingerprint density at radius 3 is 2.65 bits per heavy atom. The fourth-order valence-electron chi connectivity index (χ4n) is 2.57. The lowest BCUT2D eigenvalue weighted by molar-refractivity contribution is -0.384. The Hall–Kier alpha value is -1.63. The molecule has 20 heavy (non-hydrogen) atoms. The molecule has 108 valence electrons. The number of nitrogens with two attached hydrogens (primary N) is 1. The summed E-state index contributed by atoms with van der Waals surface area (Å²) in [6.45, 7) is 1.42. The van der Waals surface area contributed by atoms with Crippen LogP contribution in [0.4, 0.5) is 11.4 Å². The molecule has 2 rings (SSSR count). The fraction of sp³-hybridized carbons (Fsp3) is 0.462. The van der Waals surface area contributed by atoms with Gasteiger partial charge in [-0.15, -0.1) is 0 Å². The minimum absolute atomic E-state index is 0.104. The van der Waals surface area contributed by atoms with Crippen molar-refractivity contribution >= 4 is 33.2 Å². The Balaban J connectivity index is 2.11. The number of halogens is 1. The second-order valence-corrected chi connectivity index (χ2v) is 5.91. The number of amides is 1. The van der Waals surface area contributed by atoms with Crippen molar-refractivity contribution in [3.8, 4) is 0 Å². The van der Waals surface area contributed by atoms with Crippen LogP contribution in [0.3, 0.4) is 0 Å². The maximum Gasteiger partial charge on any atom is 0.293 e. The van der Waals surface area contributed by atoms with Gasteiger partial charge < -0.3 is 10.6 Å². The van der Waals surface area contributed by atoms with Gasteiger partial charge in [-0.1, -0.05) is 15.9 Å². The van der Waals surface area contributed by atoms with Crippen molar-refractivity contribution in [2.45, 2.75) is 19.3 Å². The minimum atomic E-state index is -0.365. The van der Waals surface area contributed by atoms with Crippen LogP contribution in [-0.4, -0.2) is 23.9 Å². The zero-order chi connectivity index (χ0) is 14.7. The first kappa shape index (κ1) is 14.8. The molecule has 7 heteroatoms. The zero-order valence-electron chi connectivity index (χ0n) is 10.9. The second-order valence-electron chi connectivity index (χ2n) is 4.99. The summed E-state index contributed by atoms with van der Waals surface area (Å²) in [5.74, 6) is 0.0105. The molecule has 1 saturated heterocycles. The summed E-state index contributed by atoms with van der Waals surface area (Å²) in [6.07, 6.45) is 2.06. The van der Waals surface area contributed by atoms with Gasteiger partial charge in [-0.25, -0.2) is 0 Å². The predicted molar refractivity (Wildman–Crippen MR) is 79.5 cm³/mol. The van der Waals surface area contributed by atoms with Gasteiger partial charge in [-0.2, -0.15) is 0 Å². The summed E-state index contributed by atoms with van der Waals surface area (Å²) in [6, 6.07) is 5.08. The molecule has 6 nitrogen and oxygen atoms in total. The van der Waals surface area contributed by atoms with Gasteiger partial charge in [0, 0.05) is 30.0 Å². The number of nitrogens with zero attached hydrogens (tertiary/aromatic N) is 2. The van der Waals surface area contributed by atoms with Crippen LogP contribution in [0, 0.1) is 16.0 Å². The number of carbonyl (C=O) groups excluding carboxylic acids is 1. The number of anilines is 1. The molecule has 1 heterocycles. The standard InChI is InChI=1S/C13H16BrN3O3/c14-10-1-2-11(12(8-10)17(19)20)16-5-3-9(4-6-16)7-13(15)18/h1-2,8-9H,3-7H2,(H2,15,18). The summed E-state index contributed by atoms with van der Waals surface area (Å²) in [5, 5.41) is 11.1. The van der Waals surface area contributed by atoms with Gasteiger partial charge in [0.25, 0.3) is 5.69 Å². The largest absolute Gasteiger partial charge is 0.370 e. The van der Waals surface area contributed by atoms with Crippen LogP contribution in [0.5, 0.6) is 0 Å². The van der Waals surface area contributed by atoms with E-state index in [4.69, 9.17) is 5.73 Å². The minimum Gasteiger partial charge on any atom is -0.370 e. The molecular formula is C13H16BrN3O3. The Bertz CT molecular complexity index is 528. The van der Waals surface area contributed by atoms with Crippen LogP contribution in [0.15, 0.2) is 22.7 Å². The lowest BCUT2D eigenvalue weighted by atomic mass is 9.93. The predicted octanol–water partition coefficient (Wildman–Crippen LogP) is 2.45. The van der Waals surface area contributed by atoms with E-state index in [9.17, 15) is 14.9 Å². The van der Waals surface area contributed by atoms with Crippen LogP contribution < -0.4 is 10.6 Å².